The van der Waals surface area contributed by atoms with Gasteiger partial charge >= 0.3 is 0 Å². The van der Waals surface area contributed by atoms with Crippen LogP contribution in [0, 0.1) is 0 Å². The van der Waals surface area contributed by atoms with Crippen molar-refractivity contribution in [1.82, 2.24) is 4.90 Å². The smallest absolute Gasteiger partial charge is 0.266 e. The van der Waals surface area contributed by atoms with E-state index in [2.05, 4.69) is 6.58 Å². The molecule has 3 heteroatoms. The molecule has 3 nitrogen and oxygen atoms in total. The summed E-state index contributed by atoms with van der Waals surface area (Å²) in [5.74, 6) is 0.932. The third-order valence-electron chi connectivity index (χ3n) is 3.73. The van der Waals surface area contributed by atoms with Crippen LogP contribution in [0.1, 0.15) is 39.0 Å². The Morgan fingerprint density at radius 1 is 1.26 bits per heavy atom. The maximum atomic E-state index is 12.5. The Hall–Kier alpha value is -1.51. The van der Waals surface area contributed by atoms with Crippen molar-refractivity contribution in [2.24, 2.45) is 0 Å². The summed E-state index contributed by atoms with van der Waals surface area (Å²) in [6.45, 7) is 7.34. The molecule has 0 aromatic carbocycles. The molecule has 2 rings (SSSR count). The van der Waals surface area contributed by atoms with E-state index in [0.717, 1.165) is 44.5 Å². The summed E-state index contributed by atoms with van der Waals surface area (Å²) in [5, 5.41) is 0. The molecule has 0 atom stereocenters. The van der Waals surface area contributed by atoms with Gasteiger partial charge in [-0.3, -0.25) is 4.79 Å². The molecule has 1 aliphatic carbocycles. The number of carbonyl (C=O) groups is 1. The van der Waals surface area contributed by atoms with Gasteiger partial charge in [-0.15, -0.1) is 0 Å². The molecule has 0 aromatic heterocycles. The first-order chi connectivity index (χ1) is 9.22. The lowest BCUT2D eigenvalue weighted by atomic mass is 10.1. The fraction of sp³-hybridized carbons (Fsp3) is 0.562. The van der Waals surface area contributed by atoms with Gasteiger partial charge in [0.15, 0.2) is 5.60 Å². The number of hydrogen-bond acceptors (Lipinski definition) is 2. The van der Waals surface area contributed by atoms with Crippen molar-refractivity contribution >= 4 is 5.91 Å². The normalized spacial score (nSPS) is 22.4. The van der Waals surface area contributed by atoms with Gasteiger partial charge in [-0.1, -0.05) is 18.7 Å². The second-order valence-electron chi connectivity index (χ2n) is 5.24. The maximum absolute atomic E-state index is 12.5. The predicted octanol–water partition coefficient (Wildman–Crippen LogP) is 3.19. The monoisotopic (exact) mass is 261 g/mol. The van der Waals surface area contributed by atoms with Crippen molar-refractivity contribution in [3.05, 3.63) is 36.6 Å². The molecule has 19 heavy (non-hydrogen) atoms. The van der Waals surface area contributed by atoms with E-state index in [1.165, 1.54) is 6.42 Å². The molecule has 0 N–H and O–H groups in total. The van der Waals surface area contributed by atoms with Crippen molar-refractivity contribution in [1.29, 1.82) is 0 Å². The third-order valence-corrected chi connectivity index (χ3v) is 3.73. The van der Waals surface area contributed by atoms with E-state index in [4.69, 9.17) is 4.74 Å². The molecule has 0 bridgehead atoms. The van der Waals surface area contributed by atoms with E-state index in [0.29, 0.717) is 0 Å². The SMILES string of the molecule is C=C/C=C\C(=C/C)OC1(C(=O)N2CCCCC2)CC1. The minimum atomic E-state index is -0.579. The van der Waals surface area contributed by atoms with Crippen LogP contribution in [0.2, 0.25) is 0 Å². The fourth-order valence-corrected chi connectivity index (χ4v) is 2.44. The van der Waals surface area contributed by atoms with Gasteiger partial charge in [-0.2, -0.15) is 0 Å². The first-order valence-electron chi connectivity index (χ1n) is 7.16. The topological polar surface area (TPSA) is 29.5 Å². The molecule has 1 saturated heterocycles. The molecular formula is C16H23NO2. The molecular weight excluding hydrogens is 238 g/mol. The highest BCUT2D eigenvalue weighted by Gasteiger charge is 2.54. The summed E-state index contributed by atoms with van der Waals surface area (Å²) >= 11 is 0. The zero-order chi connectivity index (χ0) is 13.7. The van der Waals surface area contributed by atoms with Crippen LogP contribution in [0.25, 0.3) is 0 Å². The van der Waals surface area contributed by atoms with Crippen LogP contribution >= 0.6 is 0 Å². The van der Waals surface area contributed by atoms with Crippen LogP contribution in [-0.2, 0) is 9.53 Å². The molecule has 1 heterocycles. The Morgan fingerprint density at radius 2 is 1.95 bits per heavy atom. The molecule has 1 saturated carbocycles. The second-order valence-corrected chi connectivity index (χ2v) is 5.24. The number of hydrogen-bond donors (Lipinski definition) is 0. The molecule has 1 aliphatic heterocycles. The summed E-state index contributed by atoms with van der Waals surface area (Å²) in [6.07, 6.45) is 12.4. The van der Waals surface area contributed by atoms with Crippen LogP contribution in [0.4, 0.5) is 0 Å². The van der Waals surface area contributed by atoms with Gasteiger partial charge in [0.05, 0.1) is 0 Å². The number of likely N-dealkylation sites (tertiary alicyclic amines) is 1. The van der Waals surface area contributed by atoms with Crippen LogP contribution in [-0.4, -0.2) is 29.5 Å². The van der Waals surface area contributed by atoms with Crippen molar-refractivity contribution < 1.29 is 9.53 Å². The van der Waals surface area contributed by atoms with Crippen molar-refractivity contribution in [3.63, 3.8) is 0 Å². The van der Waals surface area contributed by atoms with E-state index in [-0.39, 0.29) is 5.91 Å². The van der Waals surface area contributed by atoms with Crippen LogP contribution in [0.3, 0.4) is 0 Å². The molecule has 0 spiro atoms. The summed E-state index contributed by atoms with van der Waals surface area (Å²) in [5.41, 5.74) is -0.579. The zero-order valence-corrected chi connectivity index (χ0v) is 11.7. The van der Waals surface area contributed by atoms with Crippen molar-refractivity contribution in [2.75, 3.05) is 13.1 Å². The van der Waals surface area contributed by atoms with Gasteiger partial charge in [0.25, 0.3) is 5.91 Å². The molecule has 2 fully saturated rings. The lowest BCUT2D eigenvalue weighted by Gasteiger charge is -2.30. The molecule has 1 amide bonds. The van der Waals surface area contributed by atoms with Gasteiger partial charge in [0, 0.05) is 25.9 Å². The standard InChI is InChI=1S/C16H23NO2/c1-3-5-9-14(4-2)19-16(10-11-16)15(18)17-12-7-6-8-13-17/h3-5,9H,1,6-8,10-13H2,2H3/b9-5-,14-4+. The highest BCUT2D eigenvalue weighted by molar-refractivity contribution is 5.88. The lowest BCUT2D eigenvalue weighted by molar-refractivity contribution is -0.144. The largest absolute Gasteiger partial charge is 0.478 e. The van der Waals surface area contributed by atoms with Gasteiger partial charge < -0.3 is 9.64 Å². The van der Waals surface area contributed by atoms with Gasteiger partial charge in [-0.25, -0.2) is 0 Å². The molecule has 104 valence electrons. The number of piperidine rings is 1. The van der Waals surface area contributed by atoms with Crippen LogP contribution < -0.4 is 0 Å². The first kappa shape index (κ1) is 13.9. The highest BCUT2D eigenvalue weighted by atomic mass is 16.5. The molecule has 0 unspecified atom stereocenters. The van der Waals surface area contributed by atoms with Crippen molar-refractivity contribution in [2.45, 2.75) is 44.6 Å². The minimum absolute atomic E-state index is 0.179. The van der Waals surface area contributed by atoms with E-state index in [9.17, 15) is 4.79 Å². The lowest BCUT2D eigenvalue weighted by Crippen LogP contribution is -2.44. The van der Waals surface area contributed by atoms with E-state index < -0.39 is 5.60 Å². The Labute approximate surface area is 115 Å². The minimum Gasteiger partial charge on any atom is -0.478 e. The van der Waals surface area contributed by atoms with E-state index >= 15 is 0 Å². The average molecular weight is 261 g/mol. The van der Waals surface area contributed by atoms with Gasteiger partial charge in [0.2, 0.25) is 0 Å². The second kappa shape index (κ2) is 6.09. The van der Waals surface area contributed by atoms with Crippen LogP contribution in [0.15, 0.2) is 36.6 Å². The third kappa shape index (κ3) is 3.28. The highest BCUT2D eigenvalue weighted by Crippen LogP contribution is 2.43. The molecule has 0 aromatic rings. The number of amides is 1. The van der Waals surface area contributed by atoms with E-state index in [1.54, 1.807) is 6.08 Å². The first-order valence-corrected chi connectivity index (χ1v) is 7.16. The summed E-state index contributed by atoms with van der Waals surface area (Å²) in [7, 11) is 0. The molecule has 0 radical (unpaired) electrons. The number of rotatable bonds is 5. The summed E-state index contributed by atoms with van der Waals surface area (Å²) < 4.78 is 5.95. The fourth-order valence-electron chi connectivity index (χ4n) is 2.44. The number of nitrogens with zero attached hydrogens (tertiary/aromatic N) is 1. The van der Waals surface area contributed by atoms with Gasteiger partial charge in [0.1, 0.15) is 5.76 Å². The Morgan fingerprint density at radius 3 is 2.47 bits per heavy atom. The quantitative estimate of drug-likeness (QED) is 0.562. The van der Waals surface area contributed by atoms with Gasteiger partial charge in [-0.05, 0) is 38.3 Å². The van der Waals surface area contributed by atoms with Crippen LogP contribution in [0.5, 0.6) is 0 Å². The maximum Gasteiger partial charge on any atom is 0.266 e. The Balaban J connectivity index is 1.99. The predicted molar refractivity (Wildman–Crippen MR) is 76.6 cm³/mol. The number of ether oxygens (including phenoxy) is 1. The summed E-state index contributed by atoms with van der Waals surface area (Å²) in [6, 6.07) is 0. The van der Waals surface area contributed by atoms with E-state index in [1.807, 2.05) is 30.1 Å². The van der Waals surface area contributed by atoms with Crippen molar-refractivity contribution in [3.8, 4) is 0 Å². The average Bonchev–Trinajstić information content (AvgIpc) is 3.24. The summed E-state index contributed by atoms with van der Waals surface area (Å²) in [4.78, 5) is 14.5. The number of carbonyl (C=O) groups excluding carboxylic acids is 1. The Kier molecular flexibility index (Phi) is 4.46. The molecule has 2 aliphatic rings. The number of allylic oxidation sites excluding steroid dienone is 4. The zero-order valence-electron chi connectivity index (χ0n) is 11.7. The Bertz CT molecular complexity index is 399.